The molecule has 1 aliphatic rings. The predicted octanol–water partition coefficient (Wildman–Crippen LogP) is 2.00. The van der Waals surface area contributed by atoms with Crippen molar-refractivity contribution < 1.29 is 9.59 Å². The Morgan fingerprint density at radius 1 is 1.40 bits per heavy atom. The largest absolute Gasteiger partial charge is 0.235 e. The molecule has 1 saturated carbocycles. The summed E-state index contributed by atoms with van der Waals surface area (Å²) in [7, 11) is 0. The van der Waals surface area contributed by atoms with Crippen LogP contribution in [0.15, 0.2) is 9.98 Å². The molecule has 15 heavy (non-hydrogen) atoms. The molecule has 0 bridgehead atoms. The first-order valence-electron chi connectivity index (χ1n) is 5.39. The lowest BCUT2D eigenvalue weighted by Gasteiger charge is -2.35. The average Bonchev–Trinajstić information content (AvgIpc) is 2.27. The van der Waals surface area contributed by atoms with Crippen molar-refractivity contribution in [2.24, 2.45) is 15.9 Å². The first-order valence-corrected chi connectivity index (χ1v) is 5.39. The fourth-order valence-electron chi connectivity index (χ4n) is 2.38. The summed E-state index contributed by atoms with van der Waals surface area (Å²) < 4.78 is 0. The highest BCUT2D eigenvalue weighted by Crippen LogP contribution is 2.37. The van der Waals surface area contributed by atoms with Gasteiger partial charge in [-0.15, -0.1) is 0 Å². The van der Waals surface area contributed by atoms with E-state index < -0.39 is 0 Å². The molecule has 0 aromatic heterocycles. The standard InChI is InChI=1S/C11H16N2O2/c1-2-11(13-9-15)5-3-4-10(6-11)7-12-8-14/h10H,2-7H2,1H3. The monoisotopic (exact) mass is 208 g/mol. The normalized spacial score (nSPS) is 30.1. The van der Waals surface area contributed by atoms with Gasteiger partial charge in [-0.25, -0.2) is 14.6 Å². The third kappa shape index (κ3) is 3.12. The molecule has 2 atom stereocenters. The number of rotatable bonds is 4. The molecular weight excluding hydrogens is 192 g/mol. The van der Waals surface area contributed by atoms with Crippen LogP contribution >= 0.6 is 0 Å². The summed E-state index contributed by atoms with van der Waals surface area (Å²) in [6.45, 7) is 2.55. The zero-order valence-electron chi connectivity index (χ0n) is 9.03. The van der Waals surface area contributed by atoms with Gasteiger partial charge in [-0.2, -0.15) is 4.99 Å². The van der Waals surface area contributed by atoms with Crippen LogP contribution in [-0.4, -0.2) is 24.2 Å². The predicted molar refractivity (Wildman–Crippen MR) is 56.1 cm³/mol. The molecule has 4 nitrogen and oxygen atoms in total. The van der Waals surface area contributed by atoms with Crippen LogP contribution in [0.1, 0.15) is 39.0 Å². The van der Waals surface area contributed by atoms with E-state index in [9.17, 15) is 9.59 Å². The maximum Gasteiger partial charge on any atom is 0.235 e. The molecule has 0 radical (unpaired) electrons. The van der Waals surface area contributed by atoms with Crippen LogP contribution < -0.4 is 0 Å². The topological polar surface area (TPSA) is 58.9 Å². The van der Waals surface area contributed by atoms with Crippen molar-refractivity contribution in [3.05, 3.63) is 0 Å². The maximum atomic E-state index is 10.4. The van der Waals surface area contributed by atoms with Gasteiger partial charge < -0.3 is 0 Å². The van der Waals surface area contributed by atoms with Crippen molar-refractivity contribution in [2.75, 3.05) is 6.54 Å². The molecule has 1 rings (SSSR count). The fraction of sp³-hybridized carbons (Fsp3) is 0.818. The molecule has 82 valence electrons. The molecule has 0 aromatic rings. The summed E-state index contributed by atoms with van der Waals surface area (Å²) in [6.07, 6.45) is 7.96. The summed E-state index contributed by atoms with van der Waals surface area (Å²) in [5, 5.41) is 0. The SMILES string of the molecule is CCC1(N=C=O)CCCC(CN=C=O)C1. The number of carbonyl (C=O) groups excluding carboxylic acids is 2. The second-order valence-corrected chi connectivity index (χ2v) is 4.18. The smallest absolute Gasteiger partial charge is 0.211 e. The van der Waals surface area contributed by atoms with Gasteiger partial charge in [-0.3, -0.25) is 0 Å². The molecule has 4 heteroatoms. The van der Waals surface area contributed by atoms with Crippen LogP contribution in [0.2, 0.25) is 0 Å². The molecule has 0 aromatic carbocycles. The molecule has 1 aliphatic carbocycles. The summed E-state index contributed by atoms with van der Waals surface area (Å²) in [6, 6.07) is 0. The minimum Gasteiger partial charge on any atom is -0.211 e. The van der Waals surface area contributed by atoms with E-state index in [0.717, 1.165) is 32.1 Å². The highest BCUT2D eigenvalue weighted by molar-refractivity contribution is 5.35. The van der Waals surface area contributed by atoms with Gasteiger partial charge in [-0.05, 0) is 31.6 Å². The van der Waals surface area contributed by atoms with Crippen molar-refractivity contribution in [3.8, 4) is 0 Å². The van der Waals surface area contributed by atoms with E-state index in [4.69, 9.17) is 0 Å². The molecule has 0 N–H and O–H groups in total. The summed E-state index contributed by atoms with van der Waals surface area (Å²) in [5.41, 5.74) is -0.247. The number of aliphatic imine (C=N–C) groups is 2. The van der Waals surface area contributed by atoms with Gasteiger partial charge in [0.05, 0.1) is 12.1 Å². The van der Waals surface area contributed by atoms with Crippen molar-refractivity contribution >= 4 is 12.2 Å². The summed E-state index contributed by atoms with van der Waals surface area (Å²) in [4.78, 5) is 28.0. The molecule has 0 saturated heterocycles. The van der Waals surface area contributed by atoms with E-state index in [2.05, 4.69) is 9.98 Å². The van der Waals surface area contributed by atoms with Crippen molar-refractivity contribution in [2.45, 2.75) is 44.6 Å². The van der Waals surface area contributed by atoms with Gasteiger partial charge in [0.25, 0.3) is 0 Å². The van der Waals surface area contributed by atoms with E-state index in [1.165, 1.54) is 0 Å². The summed E-state index contributed by atoms with van der Waals surface area (Å²) >= 11 is 0. The van der Waals surface area contributed by atoms with Gasteiger partial charge >= 0.3 is 0 Å². The minimum atomic E-state index is -0.247. The Hall–Kier alpha value is -1.24. The van der Waals surface area contributed by atoms with Crippen molar-refractivity contribution in [3.63, 3.8) is 0 Å². The summed E-state index contributed by atoms with van der Waals surface area (Å²) in [5.74, 6) is 0.359. The lowest BCUT2D eigenvalue weighted by molar-refractivity contribution is 0.224. The second kappa shape index (κ2) is 5.59. The lowest BCUT2D eigenvalue weighted by Crippen LogP contribution is -2.33. The lowest BCUT2D eigenvalue weighted by atomic mass is 9.74. The fourth-order valence-corrected chi connectivity index (χ4v) is 2.38. The van der Waals surface area contributed by atoms with Gasteiger partial charge in [0.1, 0.15) is 0 Å². The van der Waals surface area contributed by atoms with Gasteiger partial charge in [0, 0.05) is 0 Å². The number of hydrogen-bond donors (Lipinski definition) is 0. The minimum absolute atomic E-state index is 0.247. The first-order chi connectivity index (χ1) is 7.26. The zero-order chi connectivity index (χ0) is 11.1. The van der Waals surface area contributed by atoms with Crippen molar-refractivity contribution in [1.29, 1.82) is 0 Å². The Balaban J connectivity index is 2.67. The number of hydrogen-bond acceptors (Lipinski definition) is 4. The van der Waals surface area contributed by atoms with Crippen LogP contribution in [0.25, 0.3) is 0 Å². The Kier molecular flexibility index (Phi) is 4.41. The van der Waals surface area contributed by atoms with E-state index >= 15 is 0 Å². The second-order valence-electron chi connectivity index (χ2n) is 4.18. The maximum absolute atomic E-state index is 10.4. The highest BCUT2D eigenvalue weighted by atomic mass is 16.1. The Morgan fingerprint density at radius 2 is 2.20 bits per heavy atom. The van der Waals surface area contributed by atoms with Crippen LogP contribution in [0.5, 0.6) is 0 Å². The third-order valence-corrected chi connectivity index (χ3v) is 3.28. The first kappa shape index (κ1) is 11.8. The van der Waals surface area contributed by atoms with Crippen LogP contribution in [0.3, 0.4) is 0 Å². The Labute approximate surface area is 89.5 Å². The Bertz CT molecular complexity index is 304. The third-order valence-electron chi connectivity index (χ3n) is 3.28. The van der Waals surface area contributed by atoms with Crippen LogP contribution in [0.4, 0.5) is 0 Å². The molecular formula is C11H16N2O2. The molecule has 0 heterocycles. The zero-order valence-corrected chi connectivity index (χ0v) is 9.03. The molecule has 0 aliphatic heterocycles. The van der Waals surface area contributed by atoms with Crippen LogP contribution in [-0.2, 0) is 9.59 Å². The highest BCUT2D eigenvalue weighted by Gasteiger charge is 2.34. The Morgan fingerprint density at radius 3 is 2.80 bits per heavy atom. The molecule has 0 amide bonds. The molecule has 0 spiro atoms. The number of nitrogens with zero attached hydrogens (tertiary/aromatic N) is 2. The quantitative estimate of drug-likeness (QED) is 0.524. The van der Waals surface area contributed by atoms with Crippen LogP contribution in [0, 0.1) is 5.92 Å². The van der Waals surface area contributed by atoms with Gasteiger partial charge in [0.15, 0.2) is 0 Å². The van der Waals surface area contributed by atoms with E-state index in [-0.39, 0.29) is 5.54 Å². The molecule has 1 fully saturated rings. The number of isocyanates is 2. The van der Waals surface area contributed by atoms with Gasteiger partial charge in [0.2, 0.25) is 12.2 Å². The van der Waals surface area contributed by atoms with Gasteiger partial charge in [-0.1, -0.05) is 13.3 Å². The van der Waals surface area contributed by atoms with Crippen molar-refractivity contribution in [1.82, 2.24) is 0 Å². The average molecular weight is 208 g/mol. The van der Waals surface area contributed by atoms with E-state index in [0.29, 0.717) is 12.5 Å². The van der Waals surface area contributed by atoms with E-state index in [1.54, 1.807) is 12.2 Å². The molecule has 2 unspecified atom stereocenters. The van der Waals surface area contributed by atoms with E-state index in [1.807, 2.05) is 6.92 Å².